The second kappa shape index (κ2) is 7.21. The van der Waals surface area contributed by atoms with Gasteiger partial charge in [-0.1, -0.05) is 46.6 Å². The van der Waals surface area contributed by atoms with Crippen LogP contribution in [0.25, 0.3) is 11.0 Å². The molecule has 6 heteroatoms. The summed E-state index contributed by atoms with van der Waals surface area (Å²) in [7, 11) is 0. The lowest BCUT2D eigenvalue weighted by atomic mass is 10.1. The summed E-state index contributed by atoms with van der Waals surface area (Å²) < 4.78 is 1.83. The van der Waals surface area contributed by atoms with Crippen LogP contribution in [0.4, 0.5) is 5.69 Å². The number of rotatable bonds is 4. The van der Waals surface area contributed by atoms with E-state index in [1.165, 1.54) is 5.56 Å². The van der Waals surface area contributed by atoms with Crippen molar-refractivity contribution >= 4 is 34.2 Å². The fraction of sp³-hybridized carbons (Fsp3) is 0.0952. The highest BCUT2D eigenvalue weighted by molar-refractivity contribution is 6.30. The van der Waals surface area contributed by atoms with Gasteiger partial charge >= 0.3 is 0 Å². The van der Waals surface area contributed by atoms with Gasteiger partial charge in [0.15, 0.2) is 0 Å². The SMILES string of the molecule is Cc1ccc(Cn2nnc3cc(C(=O)Nc4ccc(Cl)cc4)ccc32)cc1. The summed E-state index contributed by atoms with van der Waals surface area (Å²) in [6.45, 7) is 2.69. The molecule has 0 bridgehead atoms. The Bertz CT molecular complexity index is 1100. The lowest BCUT2D eigenvalue weighted by Crippen LogP contribution is -2.11. The fourth-order valence-corrected chi connectivity index (χ4v) is 2.96. The number of benzene rings is 3. The molecule has 0 unspecified atom stereocenters. The number of carbonyl (C=O) groups excluding carboxylic acids is 1. The molecule has 134 valence electrons. The maximum atomic E-state index is 12.5. The normalized spacial score (nSPS) is 10.9. The van der Waals surface area contributed by atoms with Crippen molar-refractivity contribution in [2.75, 3.05) is 5.32 Å². The van der Waals surface area contributed by atoms with Crippen molar-refractivity contribution < 1.29 is 4.79 Å². The molecule has 5 nitrogen and oxygen atoms in total. The number of nitrogens with one attached hydrogen (secondary N) is 1. The summed E-state index contributed by atoms with van der Waals surface area (Å²) >= 11 is 5.87. The van der Waals surface area contributed by atoms with Gasteiger partial charge in [0.2, 0.25) is 0 Å². The molecule has 0 atom stereocenters. The van der Waals surface area contributed by atoms with E-state index in [1.54, 1.807) is 36.4 Å². The third-order valence-electron chi connectivity index (χ3n) is 4.33. The Hall–Kier alpha value is -3.18. The van der Waals surface area contributed by atoms with Gasteiger partial charge in [-0.2, -0.15) is 0 Å². The number of fused-ring (bicyclic) bond motifs is 1. The second-order valence-corrected chi connectivity index (χ2v) is 6.83. The molecule has 3 aromatic carbocycles. The minimum Gasteiger partial charge on any atom is -0.322 e. The first-order valence-corrected chi connectivity index (χ1v) is 8.92. The molecular formula is C21H17ClN4O. The molecule has 27 heavy (non-hydrogen) atoms. The summed E-state index contributed by atoms with van der Waals surface area (Å²) in [5.74, 6) is -0.202. The van der Waals surface area contributed by atoms with Crippen LogP contribution in [0.2, 0.25) is 5.02 Å². The Morgan fingerprint density at radius 3 is 2.52 bits per heavy atom. The number of anilines is 1. The Labute approximate surface area is 161 Å². The molecule has 0 aliphatic rings. The Kier molecular flexibility index (Phi) is 4.60. The van der Waals surface area contributed by atoms with Crippen LogP contribution in [-0.2, 0) is 6.54 Å². The monoisotopic (exact) mass is 376 g/mol. The van der Waals surface area contributed by atoms with Gasteiger partial charge in [-0.05, 0) is 55.0 Å². The summed E-state index contributed by atoms with van der Waals surface area (Å²) in [4.78, 5) is 12.5. The molecule has 1 aromatic heterocycles. The molecule has 0 radical (unpaired) electrons. The zero-order valence-corrected chi connectivity index (χ0v) is 15.4. The van der Waals surface area contributed by atoms with Crippen LogP contribution in [0.5, 0.6) is 0 Å². The molecule has 4 rings (SSSR count). The smallest absolute Gasteiger partial charge is 0.255 e. The van der Waals surface area contributed by atoms with E-state index in [1.807, 2.05) is 10.7 Å². The fourth-order valence-electron chi connectivity index (χ4n) is 2.83. The van der Waals surface area contributed by atoms with Crippen molar-refractivity contribution in [1.82, 2.24) is 15.0 Å². The molecule has 0 spiro atoms. The molecule has 1 heterocycles. The zero-order valence-electron chi connectivity index (χ0n) is 14.7. The summed E-state index contributed by atoms with van der Waals surface area (Å²) in [5.41, 5.74) is 5.16. The van der Waals surface area contributed by atoms with Crippen LogP contribution in [0.1, 0.15) is 21.5 Å². The third-order valence-corrected chi connectivity index (χ3v) is 4.58. The van der Waals surface area contributed by atoms with Crippen molar-refractivity contribution in [2.24, 2.45) is 0 Å². The van der Waals surface area contributed by atoms with Crippen molar-refractivity contribution in [1.29, 1.82) is 0 Å². The number of hydrogen-bond donors (Lipinski definition) is 1. The van der Waals surface area contributed by atoms with Crippen LogP contribution >= 0.6 is 11.6 Å². The van der Waals surface area contributed by atoms with Crippen molar-refractivity contribution in [2.45, 2.75) is 13.5 Å². The van der Waals surface area contributed by atoms with E-state index in [4.69, 9.17) is 11.6 Å². The quantitative estimate of drug-likeness (QED) is 0.562. The van der Waals surface area contributed by atoms with Gasteiger partial charge in [0, 0.05) is 16.3 Å². The van der Waals surface area contributed by atoms with Gasteiger partial charge in [-0.25, -0.2) is 4.68 Å². The summed E-state index contributed by atoms with van der Waals surface area (Å²) in [5, 5.41) is 11.9. The number of aryl methyl sites for hydroxylation is 1. The molecule has 1 N–H and O–H groups in total. The molecule has 0 fully saturated rings. The molecular weight excluding hydrogens is 360 g/mol. The second-order valence-electron chi connectivity index (χ2n) is 6.40. The van der Waals surface area contributed by atoms with E-state index in [0.29, 0.717) is 28.3 Å². The lowest BCUT2D eigenvalue weighted by Gasteiger charge is -2.06. The first-order valence-electron chi connectivity index (χ1n) is 8.54. The molecule has 0 saturated carbocycles. The van der Waals surface area contributed by atoms with E-state index in [9.17, 15) is 4.79 Å². The molecule has 4 aromatic rings. The number of halogens is 1. The van der Waals surface area contributed by atoms with Crippen LogP contribution in [0.3, 0.4) is 0 Å². The number of aromatic nitrogens is 3. The van der Waals surface area contributed by atoms with Gasteiger partial charge in [-0.15, -0.1) is 5.10 Å². The van der Waals surface area contributed by atoms with Crippen molar-refractivity contribution in [3.63, 3.8) is 0 Å². The maximum Gasteiger partial charge on any atom is 0.255 e. The van der Waals surface area contributed by atoms with Crippen molar-refractivity contribution in [3.05, 3.63) is 88.4 Å². The topological polar surface area (TPSA) is 59.8 Å². The first-order chi connectivity index (χ1) is 13.1. The van der Waals surface area contributed by atoms with Crippen LogP contribution in [0.15, 0.2) is 66.7 Å². The van der Waals surface area contributed by atoms with E-state index in [2.05, 4.69) is 46.8 Å². The number of amides is 1. The first kappa shape index (κ1) is 17.2. The molecule has 0 saturated heterocycles. The number of hydrogen-bond acceptors (Lipinski definition) is 3. The number of carbonyl (C=O) groups is 1. The van der Waals surface area contributed by atoms with E-state index in [-0.39, 0.29) is 5.91 Å². The standard InChI is InChI=1S/C21H17ClN4O/c1-14-2-4-15(5-3-14)13-26-20-11-6-16(12-19(20)24-25-26)21(27)23-18-9-7-17(22)8-10-18/h2-12H,13H2,1H3,(H,23,27). The van der Waals surface area contributed by atoms with E-state index in [0.717, 1.165) is 11.1 Å². The van der Waals surface area contributed by atoms with Gasteiger partial charge in [-0.3, -0.25) is 4.79 Å². The van der Waals surface area contributed by atoms with Gasteiger partial charge in [0.05, 0.1) is 12.1 Å². The van der Waals surface area contributed by atoms with E-state index < -0.39 is 0 Å². The summed E-state index contributed by atoms with van der Waals surface area (Å²) in [6.07, 6.45) is 0. The molecule has 0 aliphatic heterocycles. The number of nitrogens with zero attached hydrogens (tertiary/aromatic N) is 3. The highest BCUT2D eigenvalue weighted by Gasteiger charge is 2.11. The van der Waals surface area contributed by atoms with Crippen molar-refractivity contribution in [3.8, 4) is 0 Å². The van der Waals surface area contributed by atoms with Crippen LogP contribution in [-0.4, -0.2) is 20.9 Å². The highest BCUT2D eigenvalue weighted by Crippen LogP contribution is 2.18. The Morgan fingerprint density at radius 2 is 1.78 bits per heavy atom. The van der Waals surface area contributed by atoms with E-state index >= 15 is 0 Å². The van der Waals surface area contributed by atoms with Gasteiger partial charge in [0.25, 0.3) is 5.91 Å². The minimum absolute atomic E-state index is 0.202. The highest BCUT2D eigenvalue weighted by atomic mass is 35.5. The lowest BCUT2D eigenvalue weighted by molar-refractivity contribution is 0.102. The largest absolute Gasteiger partial charge is 0.322 e. The Balaban J connectivity index is 1.55. The predicted octanol–water partition coefficient (Wildman–Crippen LogP) is 4.69. The van der Waals surface area contributed by atoms with Crippen LogP contribution in [0, 0.1) is 6.92 Å². The molecule has 0 aliphatic carbocycles. The van der Waals surface area contributed by atoms with Gasteiger partial charge in [0.1, 0.15) is 5.52 Å². The predicted molar refractivity (Wildman–Crippen MR) is 107 cm³/mol. The Morgan fingerprint density at radius 1 is 1.04 bits per heavy atom. The third kappa shape index (κ3) is 3.83. The molecule has 1 amide bonds. The average molecular weight is 377 g/mol. The van der Waals surface area contributed by atoms with Gasteiger partial charge < -0.3 is 5.32 Å². The average Bonchev–Trinajstić information content (AvgIpc) is 3.07. The zero-order chi connectivity index (χ0) is 18.8. The maximum absolute atomic E-state index is 12.5. The van der Waals surface area contributed by atoms with Crippen LogP contribution < -0.4 is 5.32 Å². The summed E-state index contributed by atoms with van der Waals surface area (Å²) in [6, 6.07) is 20.7. The minimum atomic E-state index is -0.202.